The van der Waals surface area contributed by atoms with Gasteiger partial charge in [-0.1, -0.05) is 18.9 Å². The Hall–Kier alpha value is -0.340. The van der Waals surface area contributed by atoms with E-state index in [1.54, 1.807) is 0 Å². The Morgan fingerprint density at radius 3 is 2.87 bits per heavy atom. The van der Waals surface area contributed by atoms with Crippen LogP contribution in [0.5, 0.6) is 0 Å². The highest BCUT2D eigenvalue weighted by molar-refractivity contribution is 14.0. The highest BCUT2D eigenvalue weighted by atomic mass is 127. The van der Waals surface area contributed by atoms with Gasteiger partial charge in [0, 0.05) is 31.1 Å². The first kappa shape index (κ1) is 20.7. The van der Waals surface area contributed by atoms with Gasteiger partial charge in [-0.2, -0.15) is 0 Å². The first-order valence-electron chi connectivity index (χ1n) is 8.54. The Morgan fingerprint density at radius 1 is 1.35 bits per heavy atom. The van der Waals surface area contributed by atoms with E-state index in [0.717, 1.165) is 45.0 Å². The molecule has 0 radical (unpaired) electrons. The standard InChI is InChI=1S/C17H29N3OS.HI/c1-2-18-17(20-12-10-16-9-5-14-22-16)19-11-6-13-21-15-7-3-4-8-15;/h5,9,14-15H,2-4,6-8,10-13H2,1H3,(H2,18,19,20);1H. The second kappa shape index (κ2) is 13.0. The first-order chi connectivity index (χ1) is 10.9. The van der Waals surface area contributed by atoms with Gasteiger partial charge >= 0.3 is 0 Å². The highest BCUT2D eigenvalue weighted by Gasteiger charge is 2.14. The van der Waals surface area contributed by atoms with Crippen LogP contribution in [-0.4, -0.2) is 38.3 Å². The summed E-state index contributed by atoms with van der Waals surface area (Å²) in [5.74, 6) is 0.917. The van der Waals surface area contributed by atoms with Crippen LogP contribution in [0.4, 0.5) is 0 Å². The van der Waals surface area contributed by atoms with Crippen molar-refractivity contribution in [3.05, 3.63) is 22.4 Å². The summed E-state index contributed by atoms with van der Waals surface area (Å²) in [6.07, 6.45) is 7.72. The fraction of sp³-hybridized carbons (Fsp3) is 0.706. The van der Waals surface area contributed by atoms with Crippen LogP contribution >= 0.6 is 35.3 Å². The summed E-state index contributed by atoms with van der Waals surface area (Å²) in [4.78, 5) is 6.02. The van der Waals surface area contributed by atoms with Gasteiger partial charge in [-0.3, -0.25) is 4.99 Å². The van der Waals surface area contributed by atoms with E-state index in [-0.39, 0.29) is 24.0 Å². The SMILES string of the molecule is CCNC(=NCCCOC1CCCC1)NCCc1cccs1.I. The summed E-state index contributed by atoms with van der Waals surface area (Å²) in [6.45, 7) is 5.57. The molecule has 0 aromatic carbocycles. The summed E-state index contributed by atoms with van der Waals surface area (Å²) < 4.78 is 5.87. The third kappa shape index (κ3) is 8.91. The quantitative estimate of drug-likeness (QED) is 0.260. The zero-order chi connectivity index (χ0) is 15.5. The van der Waals surface area contributed by atoms with Crippen molar-refractivity contribution >= 4 is 41.3 Å². The fourth-order valence-electron chi connectivity index (χ4n) is 2.66. The van der Waals surface area contributed by atoms with E-state index in [1.165, 1.54) is 30.6 Å². The van der Waals surface area contributed by atoms with Crippen LogP contribution in [0.3, 0.4) is 0 Å². The zero-order valence-electron chi connectivity index (χ0n) is 14.1. The number of rotatable bonds is 9. The van der Waals surface area contributed by atoms with E-state index in [2.05, 4.69) is 40.1 Å². The number of guanidine groups is 1. The van der Waals surface area contributed by atoms with Gasteiger partial charge in [0.05, 0.1) is 6.10 Å². The maximum Gasteiger partial charge on any atom is 0.191 e. The summed E-state index contributed by atoms with van der Waals surface area (Å²) >= 11 is 1.81. The number of halogens is 1. The third-order valence-electron chi connectivity index (χ3n) is 3.82. The molecule has 0 aliphatic heterocycles. The van der Waals surface area contributed by atoms with E-state index in [1.807, 2.05) is 11.3 Å². The predicted molar refractivity (Wildman–Crippen MR) is 110 cm³/mol. The molecule has 2 N–H and O–H groups in total. The molecule has 0 spiro atoms. The lowest BCUT2D eigenvalue weighted by Gasteiger charge is -2.12. The van der Waals surface area contributed by atoms with Crippen molar-refractivity contribution < 1.29 is 4.74 Å². The molecule has 0 bridgehead atoms. The van der Waals surface area contributed by atoms with Crippen molar-refractivity contribution in [1.29, 1.82) is 0 Å². The molecule has 0 saturated heterocycles. The molecule has 132 valence electrons. The molecule has 1 aromatic rings. The highest BCUT2D eigenvalue weighted by Crippen LogP contribution is 2.20. The van der Waals surface area contributed by atoms with Crippen molar-refractivity contribution in [2.75, 3.05) is 26.2 Å². The molecular weight excluding hydrogens is 421 g/mol. The number of nitrogens with zero attached hydrogens (tertiary/aromatic N) is 1. The lowest BCUT2D eigenvalue weighted by atomic mass is 10.3. The molecule has 1 aliphatic carbocycles. The van der Waals surface area contributed by atoms with Crippen LogP contribution in [0.25, 0.3) is 0 Å². The fourth-order valence-corrected chi connectivity index (χ4v) is 3.37. The van der Waals surface area contributed by atoms with Crippen LogP contribution < -0.4 is 10.6 Å². The number of thiophene rings is 1. The molecule has 1 fully saturated rings. The molecule has 0 amide bonds. The number of hydrogen-bond donors (Lipinski definition) is 2. The molecule has 1 heterocycles. The summed E-state index contributed by atoms with van der Waals surface area (Å²) in [7, 11) is 0. The Morgan fingerprint density at radius 2 is 2.17 bits per heavy atom. The first-order valence-corrected chi connectivity index (χ1v) is 9.42. The molecule has 4 nitrogen and oxygen atoms in total. The van der Waals surface area contributed by atoms with Gasteiger partial charge in [0.1, 0.15) is 0 Å². The second-order valence-corrected chi connectivity index (χ2v) is 6.68. The average Bonchev–Trinajstić information content (AvgIpc) is 3.20. The molecule has 1 aromatic heterocycles. The Kier molecular flexibility index (Phi) is 11.7. The second-order valence-electron chi connectivity index (χ2n) is 5.65. The van der Waals surface area contributed by atoms with Crippen molar-refractivity contribution in [2.24, 2.45) is 4.99 Å². The maximum absolute atomic E-state index is 5.87. The van der Waals surface area contributed by atoms with Gasteiger partial charge in [0.2, 0.25) is 0 Å². The van der Waals surface area contributed by atoms with Crippen LogP contribution in [-0.2, 0) is 11.2 Å². The molecule has 1 aliphatic rings. The van der Waals surface area contributed by atoms with Gasteiger partial charge in [0.15, 0.2) is 5.96 Å². The predicted octanol–water partition coefficient (Wildman–Crippen LogP) is 3.81. The van der Waals surface area contributed by atoms with Crippen LogP contribution in [0.1, 0.15) is 43.9 Å². The van der Waals surface area contributed by atoms with Crippen molar-refractivity contribution in [3.8, 4) is 0 Å². The van der Waals surface area contributed by atoms with Crippen LogP contribution in [0.2, 0.25) is 0 Å². The monoisotopic (exact) mass is 451 g/mol. The number of nitrogens with one attached hydrogen (secondary N) is 2. The smallest absolute Gasteiger partial charge is 0.191 e. The lowest BCUT2D eigenvalue weighted by molar-refractivity contribution is 0.0579. The number of hydrogen-bond acceptors (Lipinski definition) is 3. The number of aliphatic imine (C=N–C) groups is 1. The van der Waals surface area contributed by atoms with E-state index in [9.17, 15) is 0 Å². The van der Waals surface area contributed by atoms with Crippen molar-refractivity contribution in [1.82, 2.24) is 10.6 Å². The van der Waals surface area contributed by atoms with Gasteiger partial charge < -0.3 is 15.4 Å². The van der Waals surface area contributed by atoms with Gasteiger partial charge in [-0.05, 0) is 44.1 Å². The summed E-state index contributed by atoms with van der Waals surface area (Å²) in [5.41, 5.74) is 0. The molecule has 6 heteroatoms. The topological polar surface area (TPSA) is 45.7 Å². The van der Waals surface area contributed by atoms with E-state index in [0.29, 0.717) is 6.10 Å². The Bertz CT molecular complexity index is 419. The van der Waals surface area contributed by atoms with Crippen molar-refractivity contribution in [2.45, 2.75) is 51.6 Å². The molecule has 2 rings (SSSR count). The Balaban J connectivity index is 0.00000264. The number of ether oxygens (including phenoxy) is 1. The lowest BCUT2D eigenvalue weighted by Crippen LogP contribution is -2.38. The van der Waals surface area contributed by atoms with Gasteiger partial charge in [0.25, 0.3) is 0 Å². The molecular formula is C17H30IN3OS. The molecule has 0 atom stereocenters. The molecule has 23 heavy (non-hydrogen) atoms. The average molecular weight is 451 g/mol. The Labute approximate surface area is 161 Å². The van der Waals surface area contributed by atoms with Crippen LogP contribution in [0.15, 0.2) is 22.5 Å². The van der Waals surface area contributed by atoms with Crippen LogP contribution in [0, 0.1) is 0 Å². The minimum absolute atomic E-state index is 0. The van der Waals surface area contributed by atoms with Gasteiger partial charge in [-0.15, -0.1) is 35.3 Å². The summed E-state index contributed by atoms with van der Waals surface area (Å²) in [6, 6.07) is 4.28. The minimum Gasteiger partial charge on any atom is -0.378 e. The maximum atomic E-state index is 5.87. The molecule has 0 unspecified atom stereocenters. The van der Waals surface area contributed by atoms with E-state index < -0.39 is 0 Å². The zero-order valence-corrected chi connectivity index (χ0v) is 17.2. The summed E-state index contributed by atoms with van der Waals surface area (Å²) in [5, 5.41) is 8.82. The third-order valence-corrected chi connectivity index (χ3v) is 4.75. The largest absolute Gasteiger partial charge is 0.378 e. The minimum atomic E-state index is 0. The van der Waals surface area contributed by atoms with E-state index in [4.69, 9.17) is 4.74 Å². The normalized spacial score (nSPS) is 15.4. The van der Waals surface area contributed by atoms with E-state index >= 15 is 0 Å². The molecule has 1 saturated carbocycles. The van der Waals surface area contributed by atoms with Crippen molar-refractivity contribution in [3.63, 3.8) is 0 Å². The van der Waals surface area contributed by atoms with Gasteiger partial charge in [-0.25, -0.2) is 0 Å².